The van der Waals surface area contributed by atoms with Crippen molar-refractivity contribution in [2.24, 2.45) is 0 Å². The van der Waals surface area contributed by atoms with Crippen molar-refractivity contribution in [3.05, 3.63) is 76.2 Å². The van der Waals surface area contributed by atoms with Crippen molar-refractivity contribution in [1.82, 2.24) is 9.97 Å². The number of aromatic nitrogens is 2. The second-order valence-corrected chi connectivity index (χ2v) is 7.57. The first-order valence-electron chi connectivity index (χ1n) is 9.61. The third-order valence-corrected chi connectivity index (χ3v) is 5.09. The highest BCUT2D eigenvalue weighted by atomic mass is 35.5. The van der Waals surface area contributed by atoms with Gasteiger partial charge in [0.05, 0.1) is 27.7 Å². The summed E-state index contributed by atoms with van der Waals surface area (Å²) in [6.45, 7) is 2.17. The molecule has 0 unspecified atom stereocenters. The standard InChI is InChI=1S/C14H12F3N3.C8H6ClF2NO/c1-9-7-10(14(15,16)17)8-13(19-9)20-6-4-11-12(20)3-2-5-18-11;1-12(4-13)8-2-5(9)6(10)3-7(8)11/h2-3,5,7-8H,4,6H2,1H3;2-4H,1H3. The van der Waals surface area contributed by atoms with Gasteiger partial charge in [-0.2, -0.15) is 13.2 Å². The molecule has 0 atom stereocenters. The van der Waals surface area contributed by atoms with Gasteiger partial charge in [0.1, 0.15) is 17.5 Å². The van der Waals surface area contributed by atoms with Crippen LogP contribution in [0.25, 0.3) is 0 Å². The number of hydrogen-bond acceptors (Lipinski definition) is 4. The van der Waals surface area contributed by atoms with Crippen LogP contribution in [0, 0.1) is 18.6 Å². The summed E-state index contributed by atoms with van der Waals surface area (Å²) in [5.74, 6) is -1.34. The van der Waals surface area contributed by atoms with Crippen LogP contribution in [0.4, 0.5) is 39.1 Å². The Labute approximate surface area is 191 Å². The molecule has 0 saturated heterocycles. The largest absolute Gasteiger partial charge is 0.416 e. The van der Waals surface area contributed by atoms with Crippen LogP contribution in [-0.2, 0) is 17.4 Å². The summed E-state index contributed by atoms with van der Waals surface area (Å²) in [6, 6.07) is 7.47. The van der Waals surface area contributed by atoms with Gasteiger partial charge in [0, 0.05) is 38.0 Å². The van der Waals surface area contributed by atoms with Crippen molar-refractivity contribution in [2.75, 3.05) is 23.4 Å². The molecule has 1 aliphatic rings. The minimum Gasteiger partial charge on any atom is -0.324 e. The molecule has 0 fully saturated rings. The fourth-order valence-corrected chi connectivity index (χ4v) is 3.39. The topological polar surface area (TPSA) is 49.3 Å². The number of halogens is 6. The first-order chi connectivity index (χ1) is 15.5. The number of benzene rings is 1. The van der Waals surface area contributed by atoms with Crippen molar-refractivity contribution in [3.63, 3.8) is 0 Å². The molecule has 0 radical (unpaired) electrons. The van der Waals surface area contributed by atoms with Gasteiger partial charge >= 0.3 is 6.18 Å². The predicted molar refractivity (Wildman–Crippen MR) is 115 cm³/mol. The highest BCUT2D eigenvalue weighted by Crippen LogP contribution is 2.36. The molecule has 174 valence electrons. The van der Waals surface area contributed by atoms with Crippen LogP contribution in [0.3, 0.4) is 0 Å². The van der Waals surface area contributed by atoms with E-state index in [9.17, 15) is 26.7 Å². The van der Waals surface area contributed by atoms with Crippen LogP contribution >= 0.6 is 11.6 Å². The molecule has 1 amide bonds. The lowest BCUT2D eigenvalue weighted by Gasteiger charge is -2.20. The van der Waals surface area contributed by atoms with E-state index in [0.717, 1.165) is 34.5 Å². The summed E-state index contributed by atoms with van der Waals surface area (Å²) in [5, 5.41) is -0.217. The molecule has 0 spiro atoms. The molecule has 4 rings (SSSR count). The number of carbonyl (C=O) groups is 1. The molecule has 33 heavy (non-hydrogen) atoms. The number of nitrogens with zero attached hydrogens (tertiary/aromatic N) is 4. The zero-order chi connectivity index (χ0) is 24.3. The van der Waals surface area contributed by atoms with E-state index < -0.39 is 23.4 Å². The maximum Gasteiger partial charge on any atom is 0.416 e. The molecule has 3 aromatic rings. The number of fused-ring (bicyclic) bond motifs is 1. The van der Waals surface area contributed by atoms with Gasteiger partial charge in [0.15, 0.2) is 0 Å². The smallest absolute Gasteiger partial charge is 0.324 e. The Morgan fingerprint density at radius 1 is 1.15 bits per heavy atom. The average Bonchev–Trinajstić information content (AvgIpc) is 3.19. The monoisotopic (exact) mass is 484 g/mol. The van der Waals surface area contributed by atoms with Gasteiger partial charge in [-0.3, -0.25) is 9.78 Å². The highest BCUT2D eigenvalue weighted by Gasteiger charge is 2.32. The summed E-state index contributed by atoms with van der Waals surface area (Å²) >= 11 is 5.40. The molecule has 0 N–H and O–H groups in total. The molecule has 0 saturated carbocycles. The van der Waals surface area contributed by atoms with Crippen LogP contribution in [0.5, 0.6) is 0 Å². The number of amides is 1. The highest BCUT2D eigenvalue weighted by molar-refractivity contribution is 6.31. The molecule has 0 bridgehead atoms. The van der Waals surface area contributed by atoms with Crippen molar-refractivity contribution in [2.45, 2.75) is 19.5 Å². The summed E-state index contributed by atoms with van der Waals surface area (Å²) in [6.07, 6.45) is -1.55. The van der Waals surface area contributed by atoms with E-state index in [1.54, 1.807) is 24.1 Å². The second kappa shape index (κ2) is 9.70. The maximum absolute atomic E-state index is 13.0. The molecule has 5 nitrogen and oxygen atoms in total. The lowest BCUT2D eigenvalue weighted by Crippen LogP contribution is -2.17. The Morgan fingerprint density at radius 3 is 2.55 bits per heavy atom. The van der Waals surface area contributed by atoms with Gasteiger partial charge in [-0.1, -0.05) is 11.6 Å². The van der Waals surface area contributed by atoms with E-state index in [-0.39, 0.29) is 10.7 Å². The lowest BCUT2D eigenvalue weighted by atomic mass is 10.2. The number of pyridine rings is 2. The van der Waals surface area contributed by atoms with E-state index >= 15 is 0 Å². The molecule has 0 aliphatic carbocycles. The summed E-state index contributed by atoms with van der Waals surface area (Å²) in [7, 11) is 1.35. The minimum absolute atomic E-state index is 0.0543. The fourth-order valence-electron chi connectivity index (χ4n) is 3.24. The van der Waals surface area contributed by atoms with E-state index in [2.05, 4.69) is 9.97 Å². The van der Waals surface area contributed by atoms with E-state index in [1.165, 1.54) is 7.05 Å². The van der Waals surface area contributed by atoms with Gasteiger partial charge in [0.25, 0.3) is 0 Å². The summed E-state index contributed by atoms with van der Waals surface area (Å²) in [4.78, 5) is 21.5. The molecule has 3 heterocycles. The van der Waals surface area contributed by atoms with Crippen LogP contribution in [0.2, 0.25) is 5.02 Å². The molecule has 1 aliphatic heterocycles. The first kappa shape index (κ1) is 24.4. The number of rotatable bonds is 3. The van der Waals surface area contributed by atoms with Gasteiger partial charge in [-0.15, -0.1) is 0 Å². The number of carbonyl (C=O) groups excluding carboxylic acids is 1. The third kappa shape index (κ3) is 5.57. The van der Waals surface area contributed by atoms with E-state index in [4.69, 9.17) is 11.6 Å². The van der Waals surface area contributed by atoms with Crippen LogP contribution in [0.15, 0.2) is 42.6 Å². The Kier molecular flexibility index (Phi) is 7.16. The lowest BCUT2D eigenvalue weighted by molar-refractivity contribution is -0.137. The van der Waals surface area contributed by atoms with Crippen LogP contribution < -0.4 is 9.80 Å². The predicted octanol–water partition coefficient (Wildman–Crippen LogP) is 5.71. The zero-order valence-electron chi connectivity index (χ0n) is 17.5. The van der Waals surface area contributed by atoms with Crippen LogP contribution in [0.1, 0.15) is 17.0 Å². The van der Waals surface area contributed by atoms with Crippen molar-refractivity contribution >= 4 is 35.2 Å². The average molecular weight is 485 g/mol. The van der Waals surface area contributed by atoms with E-state index in [0.29, 0.717) is 37.0 Å². The number of alkyl halides is 3. The van der Waals surface area contributed by atoms with Gasteiger partial charge in [0.2, 0.25) is 6.41 Å². The van der Waals surface area contributed by atoms with Gasteiger partial charge in [-0.05, 0) is 37.3 Å². The number of aryl methyl sites for hydroxylation is 1. The Bertz CT molecular complexity index is 1170. The van der Waals surface area contributed by atoms with Gasteiger partial charge in [-0.25, -0.2) is 13.8 Å². The molecule has 2 aromatic heterocycles. The Balaban J connectivity index is 0.000000205. The second-order valence-electron chi connectivity index (χ2n) is 7.16. The SMILES string of the molecule is CN(C=O)c1cc(Cl)c(F)cc1F.Cc1cc(C(F)(F)F)cc(N2CCc3ncccc32)n1. The fraction of sp³-hybridized carbons (Fsp3) is 0.227. The molecule has 1 aromatic carbocycles. The molecular weight excluding hydrogens is 467 g/mol. The van der Waals surface area contributed by atoms with Crippen molar-refractivity contribution < 1.29 is 26.7 Å². The normalized spacial score (nSPS) is 12.7. The molecule has 11 heteroatoms. The quantitative estimate of drug-likeness (QED) is 0.271. The maximum atomic E-state index is 13.0. The van der Waals surface area contributed by atoms with Gasteiger partial charge < -0.3 is 9.80 Å². The van der Waals surface area contributed by atoms with Crippen molar-refractivity contribution in [3.8, 4) is 0 Å². The molecular formula is C22H18ClF5N4O. The van der Waals surface area contributed by atoms with Crippen molar-refractivity contribution in [1.29, 1.82) is 0 Å². The van der Waals surface area contributed by atoms with E-state index in [1.807, 2.05) is 6.07 Å². The van der Waals surface area contributed by atoms with Crippen LogP contribution in [-0.4, -0.2) is 30.0 Å². The third-order valence-electron chi connectivity index (χ3n) is 4.80. The zero-order valence-corrected chi connectivity index (χ0v) is 18.3. The first-order valence-corrected chi connectivity index (χ1v) is 9.99. The summed E-state index contributed by atoms with van der Waals surface area (Å²) in [5.41, 5.74) is 1.36. The number of anilines is 3. The Morgan fingerprint density at radius 2 is 1.88 bits per heavy atom. The number of hydrogen-bond donors (Lipinski definition) is 0. The minimum atomic E-state index is -4.36. The Hall–Kier alpha value is -3.27. The summed E-state index contributed by atoms with van der Waals surface area (Å²) < 4.78 is 64.2.